The van der Waals surface area contributed by atoms with Gasteiger partial charge < -0.3 is 9.84 Å². The Morgan fingerprint density at radius 1 is 1.03 bits per heavy atom. The lowest BCUT2D eigenvalue weighted by atomic mass is 10.1. The zero-order chi connectivity index (χ0) is 22.3. The smallest absolute Gasteiger partial charge is 0.266 e. The summed E-state index contributed by atoms with van der Waals surface area (Å²) in [4.78, 5) is 20.3. The first-order chi connectivity index (χ1) is 15.6. The van der Waals surface area contributed by atoms with Crippen molar-refractivity contribution in [2.24, 2.45) is 4.99 Å². The molecule has 0 spiro atoms. The van der Waals surface area contributed by atoms with Crippen LogP contribution in [0.3, 0.4) is 0 Å². The number of carbonyl (C=O) groups is 1. The average molecular weight is 445 g/mol. The van der Waals surface area contributed by atoms with Gasteiger partial charge in [0.05, 0.1) is 17.2 Å². The number of benzene rings is 3. The van der Waals surface area contributed by atoms with Crippen molar-refractivity contribution >= 4 is 34.6 Å². The number of phenolic OH excluding ortho intramolecular Hbond substituents is 1. The summed E-state index contributed by atoms with van der Waals surface area (Å²) in [5.41, 5.74) is 2.75. The molecule has 6 heteroatoms. The largest absolute Gasteiger partial charge is 0.504 e. The highest BCUT2D eigenvalue weighted by Crippen LogP contribution is 2.35. The summed E-state index contributed by atoms with van der Waals surface area (Å²) in [7, 11) is 0. The van der Waals surface area contributed by atoms with Crippen molar-refractivity contribution in [2.75, 3.05) is 13.2 Å². The molecule has 32 heavy (non-hydrogen) atoms. The first-order valence-corrected chi connectivity index (χ1v) is 11.3. The summed E-state index contributed by atoms with van der Waals surface area (Å²) >= 11 is 1.36. The number of rotatable bonds is 7. The van der Waals surface area contributed by atoms with Gasteiger partial charge in [-0.15, -0.1) is 0 Å². The quantitative estimate of drug-likeness (QED) is 0.479. The normalized spacial score (nSPS) is 16.2. The first kappa shape index (κ1) is 21.7. The second-order valence-electron chi connectivity index (χ2n) is 7.19. The van der Waals surface area contributed by atoms with Crippen LogP contribution < -0.4 is 4.74 Å². The number of para-hydroxylation sites is 1. The van der Waals surface area contributed by atoms with Crippen LogP contribution in [-0.4, -0.2) is 34.2 Å². The third-order valence-electron chi connectivity index (χ3n) is 4.92. The number of aliphatic imine (C=N–C) groups is 1. The summed E-state index contributed by atoms with van der Waals surface area (Å²) in [5.74, 6) is 0.401. The minimum absolute atomic E-state index is 0.0772. The Kier molecular flexibility index (Phi) is 6.92. The molecular formula is C26H24N2O3S. The van der Waals surface area contributed by atoms with Gasteiger partial charge in [0.25, 0.3) is 5.91 Å². The zero-order valence-corrected chi connectivity index (χ0v) is 18.6. The van der Waals surface area contributed by atoms with Crippen LogP contribution >= 0.6 is 11.8 Å². The molecule has 4 rings (SSSR count). The standard InChI is InChI=1S/C26H24N2O3S/c1-2-31-23-17-20(13-14-22(23)29)18-24-25(30)28(16-15-19-9-5-3-6-10-19)26(32-24)27-21-11-7-4-8-12-21/h3-14,17-18,29H,2,15-16H2,1H3/b24-18+,27-26?. The van der Waals surface area contributed by atoms with Crippen LogP contribution in [0.1, 0.15) is 18.1 Å². The van der Waals surface area contributed by atoms with Gasteiger partial charge in [-0.3, -0.25) is 9.69 Å². The zero-order valence-electron chi connectivity index (χ0n) is 17.8. The molecule has 3 aromatic rings. The molecule has 1 amide bonds. The molecule has 0 unspecified atom stereocenters. The van der Waals surface area contributed by atoms with E-state index in [0.29, 0.717) is 29.0 Å². The molecule has 162 valence electrons. The topological polar surface area (TPSA) is 62.1 Å². The van der Waals surface area contributed by atoms with E-state index in [4.69, 9.17) is 9.73 Å². The maximum Gasteiger partial charge on any atom is 0.266 e. The van der Waals surface area contributed by atoms with Gasteiger partial charge in [-0.05, 0) is 66.6 Å². The van der Waals surface area contributed by atoms with Crippen molar-refractivity contribution in [2.45, 2.75) is 13.3 Å². The Morgan fingerprint density at radius 3 is 2.47 bits per heavy atom. The number of thioether (sulfide) groups is 1. The highest BCUT2D eigenvalue weighted by Gasteiger charge is 2.33. The molecule has 0 aliphatic carbocycles. The van der Waals surface area contributed by atoms with Crippen LogP contribution in [0, 0.1) is 0 Å². The minimum atomic E-state index is -0.0772. The van der Waals surface area contributed by atoms with Gasteiger partial charge in [0.2, 0.25) is 0 Å². The molecular weight excluding hydrogens is 420 g/mol. The van der Waals surface area contributed by atoms with Gasteiger partial charge in [0.1, 0.15) is 0 Å². The van der Waals surface area contributed by atoms with Crippen molar-refractivity contribution < 1.29 is 14.6 Å². The lowest BCUT2D eigenvalue weighted by Crippen LogP contribution is -2.31. The van der Waals surface area contributed by atoms with E-state index >= 15 is 0 Å². The maximum atomic E-state index is 13.3. The van der Waals surface area contributed by atoms with Gasteiger partial charge >= 0.3 is 0 Å². The fourth-order valence-electron chi connectivity index (χ4n) is 3.33. The summed E-state index contributed by atoms with van der Waals surface area (Å²) in [5, 5.41) is 10.6. The number of carbonyl (C=O) groups excluding carboxylic acids is 1. The fourth-order valence-corrected chi connectivity index (χ4v) is 4.35. The van der Waals surface area contributed by atoms with Crippen LogP contribution in [0.25, 0.3) is 6.08 Å². The molecule has 1 aliphatic rings. The molecule has 1 saturated heterocycles. The van der Waals surface area contributed by atoms with E-state index in [0.717, 1.165) is 17.7 Å². The predicted octanol–water partition coefficient (Wildman–Crippen LogP) is 5.64. The van der Waals surface area contributed by atoms with E-state index in [2.05, 4.69) is 12.1 Å². The summed E-state index contributed by atoms with van der Waals surface area (Å²) in [6, 6.07) is 24.8. The molecule has 5 nitrogen and oxygen atoms in total. The summed E-state index contributed by atoms with van der Waals surface area (Å²) < 4.78 is 5.47. The molecule has 0 aromatic heterocycles. The molecule has 0 atom stereocenters. The van der Waals surface area contributed by atoms with Gasteiger partial charge in [-0.25, -0.2) is 4.99 Å². The second kappa shape index (κ2) is 10.2. The number of nitrogens with zero attached hydrogens (tertiary/aromatic N) is 2. The van der Waals surface area contributed by atoms with Gasteiger partial charge in [-0.1, -0.05) is 54.6 Å². The molecule has 0 bridgehead atoms. The molecule has 1 fully saturated rings. The van der Waals surface area contributed by atoms with Crippen molar-refractivity contribution in [1.29, 1.82) is 0 Å². The molecule has 1 aliphatic heterocycles. The molecule has 0 radical (unpaired) electrons. The van der Waals surface area contributed by atoms with Gasteiger partial charge in [0.15, 0.2) is 16.7 Å². The first-order valence-electron chi connectivity index (χ1n) is 10.5. The fraction of sp³-hybridized carbons (Fsp3) is 0.154. The second-order valence-corrected chi connectivity index (χ2v) is 8.20. The number of aromatic hydroxyl groups is 1. The van der Waals surface area contributed by atoms with Gasteiger partial charge in [0, 0.05) is 6.54 Å². The number of ether oxygens (including phenoxy) is 1. The van der Waals surface area contributed by atoms with Crippen molar-refractivity contribution in [3.63, 3.8) is 0 Å². The van der Waals surface area contributed by atoms with Gasteiger partial charge in [-0.2, -0.15) is 0 Å². The Morgan fingerprint density at radius 2 is 1.75 bits per heavy atom. The maximum absolute atomic E-state index is 13.3. The highest BCUT2D eigenvalue weighted by atomic mass is 32.2. The van der Waals surface area contributed by atoms with E-state index in [9.17, 15) is 9.90 Å². The van der Waals surface area contributed by atoms with Crippen LogP contribution in [0.15, 0.2) is 88.8 Å². The summed E-state index contributed by atoms with van der Waals surface area (Å²) in [6.07, 6.45) is 2.56. The van der Waals surface area contributed by atoms with E-state index in [1.165, 1.54) is 17.3 Å². The number of hydrogen-bond acceptors (Lipinski definition) is 5. The van der Waals surface area contributed by atoms with Crippen LogP contribution in [0.2, 0.25) is 0 Å². The Balaban J connectivity index is 1.63. The Labute approximate surface area is 192 Å². The number of phenols is 1. The minimum Gasteiger partial charge on any atom is -0.504 e. The third-order valence-corrected chi connectivity index (χ3v) is 5.92. The number of amides is 1. The van der Waals surface area contributed by atoms with Crippen LogP contribution in [0.4, 0.5) is 5.69 Å². The SMILES string of the molecule is CCOc1cc(/C=C2/SC(=Nc3ccccc3)N(CCc3ccccc3)C2=O)ccc1O. The van der Waals surface area contributed by atoms with E-state index in [1.54, 1.807) is 23.1 Å². The van der Waals surface area contributed by atoms with E-state index < -0.39 is 0 Å². The number of hydrogen-bond donors (Lipinski definition) is 1. The van der Waals surface area contributed by atoms with Crippen molar-refractivity contribution in [3.8, 4) is 11.5 Å². The average Bonchev–Trinajstić information content (AvgIpc) is 3.10. The van der Waals surface area contributed by atoms with Crippen molar-refractivity contribution in [1.82, 2.24) is 4.90 Å². The Bertz CT molecular complexity index is 1140. The van der Waals surface area contributed by atoms with Crippen LogP contribution in [-0.2, 0) is 11.2 Å². The molecule has 0 saturated carbocycles. The highest BCUT2D eigenvalue weighted by molar-refractivity contribution is 8.18. The molecule has 3 aromatic carbocycles. The Hall–Kier alpha value is -3.51. The lowest BCUT2D eigenvalue weighted by Gasteiger charge is -2.15. The van der Waals surface area contributed by atoms with E-state index in [-0.39, 0.29) is 11.7 Å². The predicted molar refractivity (Wildman–Crippen MR) is 130 cm³/mol. The number of amidine groups is 1. The van der Waals surface area contributed by atoms with E-state index in [1.807, 2.05) is 61.5 Å². The van der Waals surface area contributed by atoms with Crippen molar-refractivity contribution in [3.05, 3.63) is 94.9 Å². The lowest BCUT2D eigenvalue weighted by molar-refractivity contribution is -0.122. The summed E-state index contributed by atoms with van der Waals surface area (Å²) in [6.45, 7) is 2.85. The van der Waals surface area contributed by atoms with Crippen LogP contribution in [0.5, 0.6) is 11.5 Å². The molecule has 1 heterocycles. The monoisotopic (exact) mass is 444 g/mol. The third kappa shape index (κ3) is 5.21. The molecule has 1 N–H and O–H groups in total.